The highest BCUT2D eigenvalue weighted by molar-refractivity contribution is 5.21. The minimum Gasteiger partial charge on any atom is -0.384 e. The predicted molar refractivity (Wildman–Crippen MR) is 88.3 cm³/mol. The lowest BCUT2D eigenvalue weighted by atomic mass is 9.95. The average molecular weight is 290 g/mol. The summed E-state index contributed by atoms with van der Waals surface area (Å²) in [4.78, 5) is 2.42. The molecule has 1 aromatic rings. The molecule has 0 aliphatic carbocycles. The molecule has 2 N–H and O–H groups in total. The summed E-state index contributed by atoms with van der Waals surface area (Å²) in [6.07, 6.45) is 2.53. The average Bonchev–Trinajstić information content (AvgIpc) is 2.91. The van der Waals surface area contributed by atoms with Gasteiger partial charge in [-0.05, 0) is 37.8 Å². The molecule has 1 aliphatic heterocycles. The highest BCUT2D eigenvalue weighted by atomic mass is 16.3. The molecular weight excluding hydrogens is 260 g/mol. The van der Waals surface area contributed by atoms with Crippen LogP contribution in [0.2, 0.25) is 0 Å². The maximum absolute atomic E-state index is 10.9. The molecule has 1 heterocycles. The summed E-state index contributed by atoms with van der Waals surface area (Å²) in [5.41, 5.74) is 0.201. The molecule has 0 aromatic heterocycles. The van der Waals surface area contributed by atoms with E-state index in [1.807, 2.05) is 37.3 Å². The third-order valence-electron chi connectivity index (χ3n) is 4.19. The molecule has 2 atom stereocenters. The summed E-state index contributed by atoms with van der Waals surface area (Å²) in [6, 6.07) is 10.6. The van der Waals surface area contributed by atoms with E-state index in [2.05, 4.69) is 24.1 Å². The summed E-state index contributed by atoms with van der Waals surface area (Å²) in [7, 11) is 0. The van der Waals surface area contributed by atoms with Crippen molar-refractivity contribution in [2.75, 3.05) is 26.2 Å². The zero-order valence-electron chi connectivity index (χ0n) is 13.7. The molecule has 0 amide bonds. The Labute approximate surface area is 129 Å². The maximum Gasteiger partial charge on any atom is 0.0994 e. The molecule has 3 nitrogen and oxygen atoms in total. The van der Waals surface area contributed by atoms with Gasteiger partial charge < -0.3 is 10.4 Å². The zero-order chi connectivity index (χ0) is 15.3. The van der Waals surface area contributed by atoms with Crippen molar-refractivity contribution >= 4 is 0 Å². The molecule has 1 saturated heterocycles. The van der Waals surface area contributed by atoms with E-state index in [9.17, 15) is 5.11 Å². The number of benzene rings is 1. The molecule has 0 radical (unpaired) electrons. The summed E-state index contributed by atoms with van der Waals surface area (Å²) in [5, 5.41) is 14.4. The van der Waals surface area contributed by atoms with Gasteiger partial charge in [-0.1, -0.05) is 44.2 Å². The van der Waals surface area contributed by atoms with Crippen molar-refractivity contribution in [1.29, 1.82) is 0 Å². The summed E-state index contributed by atoms with van der Waals surface area (Å²) in [5.74, 6) is 0.609. The standard InChI is InChI=1S/C18H30N2O/c1-15(2)12-20(13-17-10-7-11-19-17)14-18(3,21)16-8-5-4-6-9-16/h4-6,8-9,15,17,19,21H,7,10-14H2,1-3H3. The number of nitrogens with one attached hydrogen (secondary N) is 1. The largest absolute Gasteiger partial charge is 0.384 e. The van der Waals surface area contributed by atoms with Crippen molar-refractivity contribution < 1.29 is 5.11 Å². The Bertz CT molecular complexity index is 410. The van der Waals surface area contributed by atoms with Crippen LogP contribution in [0.3, 0.4) is 0 Å². The Morgan fingerprint density at radius 3 is 2.62 bits per heavy atom. The first kappa shape index (κ1) is 16.5. The van der Waals surface area contributed by atoms with E-state index in [1.165, 1.54) is 12.8 Å². The van der Waals surface area contributed by atoms with Gasteiger partial charge >= 0.3 is 0 Å². The second-order valence-electron chi connectivity index (χ2n) is 7.02. The summed E-state index contributed by atoms with van der Waals surface area (Å²) >= 11 is 0. The summed E-state index contributed by atoms with van der Waals surface area (Å²) < 4.78 is 0. The second-order valence-corrected chi connectivity index (χ2v) is 7.02. The molecule has 2 rings (SSSR count). The van der Waals surface area contributed by atoms with Gasteiger partial charge in [-0.15, -0.1) is 0 Å². The van der Waals surface area contributed by atoms with Gasteiger partial charge in [0, 0.05) is 25.7 Å². The van der Waals surface area contributed by atoms with Crippen LogP contribution in [0.15, 0.2) is 30.3 Å². The molecule has 0 bridgehead atoms. The van der Waals surface area contributed by atoms with Gasteiger partial charge in [-0.25, -0.2) is 0 Å². The third kappa shape index (κ3) is 5.10. The van der Waals surface area contributed by atoms with Gasteiger partial charge in [0.15, 0.2) is 0 Å². The number of nitrogens with zero attached hydrogens (tertiary/aromatic N) is 1. The quantitative estimate of drug-likeness (QED) is 0.810. The van der Waals surface area contributed by atoms with Crippen LogP contribution in [0.5, 0.6) is 0 Å². The predicted octanol–water partition coefficient (Wildman–Crippen LogP) is 2.60. The van der Waals surface area contributed by atoms with Crippen LogP contribution in [-0.4, -0.2) is 42.2 Å². The SMILES string of the molecule is CC(C)CN(CC1CCCN1)CC(C)(O)c1ccccc1. The van der Waals surface area contributed by atoms with Crippen LogP contribution in [0.4, 0.5) is 0 Å². The van der Waals surface area contributed by atoms with E-state index < -0.39 is 5.60 Å². The molecule has 2 unspecified atom stereocenters. The summed E-state index contributed by atoms with van der Waals surface area (Å²) in [6.45, 7) is 10.3. The molecule has 1 aliphatic rings. The van der Waals surface area contributed by atoms with Gasteiger partial charge in [-0.3, -0.25) is 4.90 Å². The van der Waals surface area contributed by atoms with Gasteiger partial charge in [0.25, 0.3) is 0 Å². The highest BCUT2D eigenvalue weighted by Crippen LogP contribution is 2.22. The lowest BCUT2D eigenvalue weighted by Crippen LogP contribution is -2.45. The molecule has 1 fully saturated rings. The van der Waals surface area contributed by atoms with Crippen LogP contribution in [0.1, 0.15) is 39.2 Å². The minimum absolute atomic E-state index is 0.579. The smallest absolute Gasteiger partial charge is 0.0994 e. The topological polar surface area (TPSA) is 35.5 Å². The minimum atomic E-state index is -0.797. The fourth-order valence-electron chi connectivity index (χ4n) is 3.27. The van der Waals surface area contributed by atoms with E-state index in [0.717, 1.165) is 25.2 Å². The van der Waals surface area contributed by atoms with E-state index in [0.29, 0.717) is 18.5 Å². The number of rotatable bonds is 7. The number of hydrogen-bond acceptors (Lipinski definition) is 3. The first-order chi connectivity index (χ1) is 9.97. The molecule has 21 heavy (non-hydrogen) atoms. The zero-order valence-corrected chi connectivity index (χ0v) is 13.7. The molecule has 0 spiro atoms. The van der Waals surface area contributed by atoms with Crippen LogP contribution < -0.4 is 5.32 Å². The van der Waals surface area contributed by atoms with Crippen molar-refractivity contribution in [3.05, 3.63) is 35.9 Å². The fourth-order valence-corrected chi connectivity index (χ4v) is 3.27. The molecule has 0 saturated carbocycles. The normalized spacial score (nSPS) is 21.9. The second kappa shape index (κ2) is 7.39. The lowest BCUT2D eigenvalue weighted by Gasteiger charge is -2.34. The first-order valence-electron chi connectivity index (χ1n) is 8.21. The Kier molecular flexibility index (Phi) is 5.80. The highest BCUT2D eigenvalue weighted by Gasteiger charge is 2.28. The van der Waals surface area contributed by atoms with Crippen LogP contribution in [-0.2, 0) is 5.60 Å². The lowest BCUT2D eigenvalue weighted by molar-refractivity contribution is 0.0104. The van der Waals surface area contributed by atoms with Crippen molar-refractivity contribution in [2.24, 2.45) is 5.92 Å². The molecular formula is C18H30N2O. The van der Waals surface area contributed by atoms with Gasteiger partial charge in [0.1, 0.15) is 0 Å². The third-order valence-corrected chi connectivity index (χ3v) is 4.19. The van der Waals surface area contributed by atoms with E-state index >= 15 is 0 Å². The fraction of sp³-hybridized carbons (Fsp3) is 0.667. The van der Waals surface area contributed by atoms with Crippen molar-refractivity contribution in [3.63, 3.8) is 0 Å². The van der Waals surface area contributed by atoms with Crippen LogP contribution >= 0.6 is 0 Å². The molecule has 3 heteroatoms. The van der Waals surface area contributed by atoms with E-state index in [1.54, 1.807) is 0 Å². The monoisotopic (exact) mass is 290 g/mol. The van der Waals surface area contributed by atoms with E-state index in [4.69, 9.17) is 0 Å². The van der Waals surface area contributed by atoms with Gasteiger partial charge in [0.05, 0.1) is 5.60 Å². The van der Waals surface area contributed by atoms with Crippen molar-refractivity contribution in [3.8, 4) is 0 Å². The van der Waals surface area contributed by atoms with Gasteiger partial charge in [0.2, 0.25) is 0 Å². The number of aliphatic hydroxyl groups is 1. The number of hydrogen-bond donors (Lipinski definition) is 2. The Morgan fingerprint density at radius 2 is 2.05 bits per heavy atom. The van der Waals surface area contributed by atoms with E-state index in [-0.39, 0.29) is 0 Å². The van der Waals surface area contributed by atoms with Crippen molar-refractivity contribution in [2.45, 2.75) is 45.3 Å². The van der Waals surface area contributed by atoms with Gasteiger partial charge in [-0.2, -0.15) is 0 Å². The first-order valence-corrected chi connectivity index (χ1v) is 8.21. The Morgan fingerprint density at radius 1 is 1.33 bits per heavy atom. The molecule has 118 valence electrons. The molecule has 1 aromatic carbocycles. The van der Waals surface area contributed by atoms with Crippen molar-refractivity contribution in [1.82, 2.24) is 10.2 Å². The maximum atomic E-state index is 10.9. The van der Waals surface area contributed by atoms with Crippen LogP contribution in [0.25, 0.3) is 0 Å². The Balaban J connectivity index is 2.02. The van der Waals surface area contributed by atoms with Crippen LogP contribution in [0, 0.1) is 5.92 Å². The Hall–Kier alpha value is -0.900.